The molecule has 2 rings (SSSR count). The number of nitrogens with zero attached hydrogens (tertiary/aromatic N) is 1. The molecule has 100 valence electrons. The molecule has 1 aliphatic rings. The number of benzene rings is 1. The van der Waals surface area contributed by atoms with Gasteiger partial charge in [-0.1, -0.05) is 75.5 Å². The molecule has 4 unspecified atom stereocenters. The molecule has 0 radical (unpaired) electrons. The topological polar surface area (TPSA) is 3.24 Å². The van der Waals surface area contributed by atoms with Crippen LogP contribution >= 0.6 is 45.2 Å². The fraction of sp³-hybridized carbons (Fsp3) is 0.600. The standard InChI is InChI=1S/C15H21I2N/c1-11-8-14(9-16)15(17)12(2)18(11)10-13-6-4-3-5-7-13/h3-7,11-12,14-15H,8-10H2,1-2H3. The zero-order valence-corrected chi connectivity index (χ0v) is 15.3. The Balaban J connectivity index is 2.08. The predicted octanol–water partition coefficient (Wildman–Crippen LogP) is 4.52. The van der Waals surface area contributed by atoms with Crippen LogP contribution in [0.4, 0.5) is 0 Å². The third-order valence-corrected chi connectivity index (χ3v) is 7.24. The summed E-state index contributed by atoms with van der Waals surface area (Å²) in [5, 5.41) is 0. The summed E-state index contributed by atoms with van der Waals surface area (Å²) in [6.07, 6.45) is 1.34. The quantitative estimate of drug-likeness (QED) is 0.465. The molecule has 3 heteroatoms. The van der Waals surface area contributed by atoms with Crippen LogP contribution < -0.4 is 0 Å². The molecule has 0 aromatic heterocycles. The Morgan fingerprint density at radius 2 is 1.89 bits per heavy atom. The van der Waals surface area contributed by atoms with Gasteiger partial charge in [0.15, 0.2) is 0 Å². The van der Waals surface area contributed by atoms with Crippen molar-refractivity contribution in [2.75, 3.05) is 4.43 Å². The summed E-state index contributed by atoms with van der Waals surface area (Å²) in [4.78, 5) is 2.68. The second kappa shape index (κ2) is 6.88. The first kappa shape index (κ1) is 15.0. The zero-order chi connectivity index (χ0) is 13.1. The van der Waals surface area contributed by atoms with E-state index in [0.29, 0.717) is 12.1 Å². The van der Waals surface area contributed by atoms with E-state index in [1.165, 1.54) is 16.4 Å². The molecule has 1 aromatic carbocycles. The van der Waals surface area contributed by atoms with E-state index in [4.69, 9.17) is 0 Å². The first-order valence-corrected chi connectivity index (χ1v) is 9.40. The third-order valence-electron chi connectivity index (χ3n) is 4.05. The van der Waals surface area contributed by atoms with E-state index in [-0.39, 0.29) is 0 Å². The van der Waals surface area contributed by atoms with Crippen molar-refractivity contribution in [3.05, 3.63) is 35.9 Å². The molecule has 1 saturated heterocycles. The Morgan fingerprint density at radius 1 is 1.22 bits per heavy atom. The molecule has 0 N–H and O–H groups in total. The highest BCUT2D eigenvalue weighted by Gasteiger charge is 2.36. The summed E-state index contributed by atoms with van der Waals surface area (Å²) in [6, 6.07) is 12.2. The number of rotatable bonds is 3. The number of piperidine rings is 1. The first-order chi connectivity index (χ1) is 8.63. The molecular weight excluding hydrogens is 448 g/mol. The number of halogens is 2. The average molecular weight is 469 g/mol. The number of alkyl halides is 2. The van der Waals surface area contributed by atoms with Gasteiger partial charge in [-0.15, -0.1) is 0 Å². The Bertz CT molecular complexity index is 368. The van der Waals surface area contributed by atoms with Crippen molar-refractivity contribution in [2.24, 2.45) is 5.92 Å². The monoisotopic (exact) mass is 469 g/mol. The van der Waals surface area contributed by atoms with E-state index in [1.54, 1.807) is 0 Å². The summed E-state index contributed by atoms with van der Waals surface area (Å²) in [5.74, 6) is 0.878. The molecule has 1 aromatic rings. The molecule has 1 heterocycles. The van der Waals surface area contributed by atoms with Crippen LogP contribution in [-0.4, -0.2) is 25.3 Å². The number of likely N-dealkylation sites (tertiary alicyclic amines) is 1. The Hall–Kier alpha value is 0.640. The maximum Gasteiger partial charge on any atom is 0.0299 e. The van der Waals surface area contributed by atoms with E-state index in [1.807, 2.05) is 0 Å². The summed E-state index contributed by atoms with van der Waals surface area (Å²) >= 11 is 5.22. The predicted molar refractivity (Wildman–Crippen MR) is 95.7 cm³/mol. The van der Waals surface area contributed by atoms with Gasteiger partial charge in [-0.3, -0.25) is 4.90 Å². The summed E-state index contributed by atoms with van der Waals surface area (Å²) in [7, 11) is 0. The van der Waals surface area contributed by atoms with Crippen molar-refractivity contribution >= 4 is 45.2 Å². The highest BCUT2D eigenvalue weighted by molar-refractivity contribution is 14.1. The molecular formula is C15H21I2N. The lowest BCUT2D eigenvalue weighted by molar-refractivity contribution is 0.0805. The van der Waals surface area contributed by atoms with Crippen LogP contribution in [0.1, 0.15) is 25.8 Å². The van der Waals surface area contributed by atoms with Gasteiger partial charge in [-0.25, -0.2) is 0 Å². The summed E-state index contributed by atoms with van der Waals surface area (Å²) < 4.78 is 2.07. The highest BCUT2D eigenvalue weighted by atomic mass is 127. The van der Waals surface area contributed by atoms with Gasteiger partial charge in [-0.05, 0) is 31.7 Å². The van der Waals surface area contributed by atoms with Crippen molar-refractivity contribution < 1.29 is 0 Å². The van der Waals surface area contributed by atoms with E-state index in [2.05, 4.69) is 94.3 Å². The van der Waals surface area contributed by atoms with Gasteiger partial charge in [-0.2, -0.15) is 0 Å². The minimum atomic E-state index is 0.675. The van der Waals surface area contributed by atoms with Gasteiger partial charge < -0.3 is 0 Å². The molecule has 1 fully saturated rings. The molecule has 0 aliphatic carbocycles. The molecule has 0 saturated carbocycles. The molecule has 0 bridgehead atoms. The molecule has 1 nitrogen and oxygen atoms in total. The van der Waals surface area contributed by atoms with E-state index in [9.17, 15) is 0 Å². The largest absolute Gasteiger partial charge is 0.293 e. The van der Waals surface area contributed by atoms with Crippen LogP contribution in [-0.2, 0) is 6.54 Å². The van der Waals surface area contributed by atoms with Crippen LogP contribution in [0.25, 0.3) is 0 Å². The maximum atomic E-state index is 2.68. The van der Waals surface area contributed by atoms with Crippen molar-refractivity contribution in [3.8, 4) is 0 Å². The van der Waals surface area contributed by atoms with Crippen molar-refractivity contribution in [3.63, 3.8) is 0 Å². The van der Waals surface area contributed by atoms with Crippen LogP contribution in [0.5, 0.6) is 0 Å². The smallest absolute Gasteiger partial charge is 0.0299 e. The Morgan fingerprint density at radius 3 is 2.50 bits per heavy atom. The van der Waals surface area contributed by atoms with Crippen molar-refractivity contribution in [1.82, 2.24) is 4.90 Å². The minimum Gasteiger partial charge on any atom is -0.293 e. The van der Waals surface area contributed by atoms with Gasteiger partial charge in [0.2, 0.25) is 0 Å². The van der Waals surface area contributed by atoms with Crippen molar-refractivity contribution in [2.45, 2.75) is 42.8 Å². The van der Waals surface area contributed by atoms with E-state index < -0.39 is 0 Å². The van der Waals surface area contributed by atoms with Gasteiger partial charge in [0.25, 0.3) is 0 Å². The molecule has 0 amide bonds. The van der Waals surface area contributed by atoms with Crippen LogP contribution in [0.3, 0.4) is 0 Å². The van der Waals surface area contributed by atoms with Crippen LogP contribution in [0.2, 0.25) is 0 Å². The minimum absolute atomic E-state index is 0.675. The second-order valence-electron chi connectivity index (χ2n) is 5.34. The van der Waals surface area contributed by atoms with Crippen LogP contribution in [0.15, 0.2) is 30.3 Å². The summed E-state index contributed by atoms with van der Waals surface area (Å²) in [6.45, 7) is 5.88. The Labute approximate surface area is 138 Å². The molecule has 4 atom stereocenters. The van der Waals surface area contributed by atoms with Crippen molar-refractivity contribution in [1.29, 1.82) is 0 Å². The van der Waals surface area contributed by atoms with Gasteiger partial charge >= 0.3 is 0 Å². The lowest BCUT2D eigenvalue weighted by Crippen LogP contribution is -2.52. The first-order valence-electron chi connectivity index (χ1n) is 6.63. The molecule has 18 heavy (non-hydrogen) atoms. The fourth-order valence-corrected chi connectivity index (χ4v) is 5.77. The van der Waals surface area contributed by atoms with Gasteiger partial charge in [0, 0.05) is 27.0 Å². The summed E-state index contributed by atoms with van der Waals surface area (Å²) in [5.41, 5.74) is 1.44. The third kappa shape index (κ3) is 3.39. The van der Waals surface area contributed by atoms with Gasteiger partial charge in [0.1, 0.15) is 0 Å². The molecule has 1 aliphatic heterocycles. The van der Waals surface area contributed by atoms with Gasteiger partial charge in [0.05, 0.1) is 0 Å². The number of hydrogen-bond donors (Lipinski definition) is 0. The SMILES string of the molecule is CC1CC(CI)C(I)C(C)N1Cc1ccccc1. The van der Waals surface area contributed by atoms with Crippen LogP contribution in [0, 0.1) is 5.92 Å². The maximum absolute atomic E-state index is 2.68. The Kier molecular flexibility index (Phi) is 5.75. The van der Waals surface area contributed by atoms with E-state index >= 15 is 0 Å². The zero-order valence-electron chi connectivity index (χ0n) is 11.0. The lowest BCUT2D eigenvalue weighted by Gasteiger charge is -2.45. The second-order valence-corrected chi connectivity index (χ2v) is 7.66. The highest BCUT2D eigenvalue weighted by Crippen LogP contribution is 2.35. The normalized spacial score (nSPS) is 33.6. The number of hydrogen-bond acceptors (Lipinski definition) is 1. The lowest BCUT2D eigenvalue weighted by atomic mass is 9.88. The molecule has 0 spiro atoms. The average Bonchev–Trinajstić information content (AvgIpc) is 2.40. The fourth-order valence-electron chi connectivity index (χ4n) is 2.92. The van der Waals surface area contributed by atoms with E-state index in [0.717, 1.165) is 16.4 Å².